The first kappa shape index (κ1) is 19.2. The third kappa shape index (κ3) is 3.04. The average Bonchev–Trinajstić information content (AvgIpc) is 3.08. The maximum Gasteiger partial charge on any atom is 0.275 e. The third-order valence-corrected chi connectivity index (χ3v) is 6.08. The SMILES string of the molecule is Cc1nn2c(c1-c1ccccc1)NC1=C(C(=O)C[C@H](C)C1)[C@@H]2c1ccccc1[N+](=O)[O-]. The number of nitrogens with one attached hydrogen (secondary N) is 1. The van der Waals surface area contributed by atoms with Gasteiger partial charge in [-0.3, -0.25) is 14.9 Å². The lowest BCUT2D eigenvalue weighted by Crippen LogP contribution is -2.33. The summed E-state index contributed by atoms with van der Waals surface area (Å²) in [6, 6.07) is 15.9. The number of carbonyl (C=O) groups excluding carboxylic acids is 1. The van der Waals surface area contributed by atoms with E-state index in [1.54, 1.807) is 22.9 Å². The number of carbonyl (C=O) groups is 1. The predicted octanol–water partition coefficient (Wildman–Crippen LogP) is 5.03. The van der Waals surface area contributed by atoms with Crippen molar-refractivity contribution in [3.63, 3.8) is 0 Å². The molecule has 0 unspecified atom stereocenters. The minimum Gasteiger partial charge on any atom is -0.343 e. The highest BCUT2D eigenvalue weighted by molar-refractivity contribution is 6.00. The summed E-state index contributed by atoms with van der Waals surface area (Å²) in [5.41, 5.74) is 4.66. The van der Waals surface area contributed by atoms with Gasteiger partial charge in [0.15, 0.2) is 5.78 Å². The molecular weight excluding hydrogens is 392 g/mol. The van der Waals surface area contributed by atoms with Gasteiger partial charge in [-0.15, -0.1) is 0 Å². The van der Waals surface area contributed by atoms with Crippen LogP contribution in [0.15, 0.2) is 65.9 Å². The molecule has 156 valence electrons. The molecule has 0 saturated heterocycles. The minimum atomic E-state index is -0.635. The van der Waals surface area contributed by atoms with E-state index >= 15 is 0 Å². The summed E-state index contributed by atoms with van der Waals surface area (Å²) >= 11 is 0. The van der Waals surface area contributed by atoms with Crippen LogP contribution in [0.1, 0.15) is 37.1 Å². The number of Topliss-reactive ketones (excluding diaryl/α,β-unsaturated/α-hetero) is 1. The van der Waals surface area contributed by atoms with Crippen molar-refractivity contribution in [2.24, 2.45) is 5.92 Å². The Morgan fingerprint density at radius 1 is 1.10 bits per heavy atom. The molecule has 0 radical (unpaired) electrons. The predicted molar refractivity (Wildman–Crippen MR) is 118 cm³/mol. The Morgan fingerprint density at radius 3 is 2.55 bits per heavy atom. The molecule has 1 N–H and O–H groups in total. The number of nitro benzene ring substituents is 1. The van der Waals surface area contributed by atoms with Crippen molar-refractivity contribution in [1.82, 2.24) is 9.78 Å². The van der Waals surface area contributed by atoms with E-state index in [1.165, 1.54) is 6.07 Å². The first-order valence-electron chi connectivity index (χ1n) is 10.4. The van der Waals surface area contributed by atoms with Gasteiger partial charge in [0.25, 0.3) is 5.69 Å². The Hall–Kier alpha value is -3.74. The van der Waals surface area contributed by atoms with Crippen LogP contribution in [-0.2, 0) is 4.79 Å². The van der Waals surface area contributed by atoms with Crippen LogP contribution in [0.3, 0.4) is 0 Å². The molecule has 1 aromatic heterocycles. The van der Waals surface area contributed by atoms with Crippen LogP contribution in [0.4, 0.5) is 11.5 Å². The number of nitro groups is 1. The van der Waals surface area contributed by atoms with E-state index in [0.717, 1.165) is 34.8 Å². The van der Waals surface area contributed by atoms with Crippen LogP contribution in [-0.4, -0.2) is 20.5 Å². The maximum absolute atomic E-state index is 13.2. The number of rotatable bonds is 3. The number of aryl methyl sites for hydroxylation is 1. The molecule has 1 aliphatic carbocycles. The van der Waals surface area contributed by atoms with Crippen molar-refractivity contribution in [2.45, 2.75) is 32.7 Å². The van der Waals surface area contributed by atoms with E-state index in [2.05, 4.69) is 12.2 Å². The summed E-state index contributed by atoms with van der Waals surface area (Å²) in [4.78, 5) is 24.6. The van der Waals surface area contributed by atoms with Gasteiger partial charge in [-0.25, -0.2) is 4.68 Å². The molecule has 7 nitrogen and oxygen atoms in total. The van der Waals surface area contributed by atoms with Gasteiger partial charge in [0.1, 0.15) is 11.9 Å². The van der Waals surface area contributed by atoms with Crippen LogP contribution in [0, 0.1) is 23.0 Å². The van der Waals surface area contributed by atoms with Gasteiger partial charge in [0.05, 0.1) is 16.2 Å². The van der Waals surface area contributed by atoms with Gasteiger partial charge in [-0.05, 0) is 30.9 Å². The highest BCUT2D eigenvalue weighted by Crippen LogP contribution is 2.47. The fourth-order valence-electron chi connectivity index (χ4n) is 4.80. The van der Waals surface area contributed by atoms with Gasteiger partial charge in [-0.2, -0.15) is 5.10 Å². The minimum absolute atomic E-state index is 0.00645. The van der Waals surface area contributed by atoms with Crippen LogP contribution in [0.5, 0.6) is 0 Å². The second kappa shape index (κ2) is 7.19. The topological polar surface area (TPSA) is 90.1 Å². The van der Waals surface area contributed by atoms with E-state index in [1.807, 2.05) is 37.3 Å². The molecule has 0 bridgehead atoms. The van der Waals surface area contributed by atoms with Gasteiger partial charge < -0.3 is 5.32 Å². The van der Waals surface area contributed by atoms with Crippen molar-refractivity contribution >= 4 is 17.3 Å². The highest BCUT2D eigenvalue weighted by Gasteiger charge is 2.41. The Kier molecular flexibility index (Phi) is 4.46. The molecule has 2 heterocycles. The Morgan fingerprint density at radius 2 is 1.81 bits per heavy atom. The van der Waals surface area contributed by atoms with Crippen molar-refractivity contribution < 1.29 is 9.72 Å². The van der Waals surface area contributed by atoms with E-state index in [9.17, 15) is 14.9 Å². The largest absolute Gasteiger partial charge is 0.343 e. The number of benzene rings is 2. The van der Waals surface area contributed by atoms with Crippen molar-refractivity contribution in [2.75, 3.05) is 5.32 Å². The number of para-hydroxylation sites is 1. The lowest BCUT2D eigenvalue weighted by molar-refractivity contribution is -0.385. The molecule has 5 rings (SSSR count). The van der Waals surface area contributed by atoms with Gasteiger partial charge in [-0.1, -0.05) is 49.4 Å². The summed E-state index contributed by atoms with van der Waals surface area (Å²) in [5, 5.41) is 20.1. The van der Waals surface area contributed by atoms with Crippen molar-refractivity contribution in [3.8, 4) is 11.1 Å². The molecule has 2 atom stereocenters. The smallest absolute Gasteiger partial charge is 0.275 e. The van der Waals surface area contributed by atoms with Gasteiger partial charge in [0, 0.05) is 29.3 Å². The second-order valence-corrected chi connectivity index (χ2v) is 8.29. The molecule has 31 heavy (non-hydrogen) atoms. The van der Waals surface area contributed by atoms with Crippen molar-refractivity contribution in [3.05, 3.63) is 87.2 Å². The lowest BCUT2D eigenvalue weighted by atomic mass is 9.80. The molecule has 7 heteroatoms. The quantitative estimate of drug-likeness (QED) is 0.479. The van der Waals surface area contributed by atoms with Crippen LogP contribution in [0.25, 0.3) is 11.1 Å². The van der Waals surface area contributed by atoms with Crippen LogP contribution in [0.2, 0.25) is 0 Å². The maximum atomic E-state index is 13.2. The highest BCUT2D eigenvalue weighted by atomic mass is 16.6. The summed E-state index contributed by atoms with van der Waals surface area (Å²) in [6.07, 6.45) is 1.15. The average molecular weight is 414 g/mol. The number of hydrogen-bond acceptors (Lipinski definition) is 5. The van der Waals surface area contributed by atoms with Crippen LogP contribution >= 0.6 is 0 Å². The molecule has 0 amide bonds. The van der Waals surface area contributed by atoms with Crippen LogP contribution < -0.4 is 5.32 Å². The fourth-order valence-corrected chi connectivity index (χ4v) is 4.80. The number of allylic oxidation sites excluding steroid dienone is 2. The summed E-state index contributed by atoms with van der Waals surface area (Å²) in [5.74, 6) is 0.998. The second-order valence-electron chi connectivity index (χ2n) is 8.29. The zero-order chi connectivity index (χ0) is 21.7. The standard InChI is InChI=1S/C24H22N4O3/c1-14-12-18-22(20(29)13-14)23(17-10-6-7-11-19(17)28(30)31)27-24(25-18)21(15(2)26-27)16-8-4-3-5-9-16/h3-11,14,23,25H,12-13H2,1-2H3/t14-,23+/m1/s1. The van der Waals surface area contributed by atoms with E-state index in [-0.39, 0.29) is 22.3 Å². The van der Waals surface area contributed by atoms with E-state index < -0.39 is 6.04 Å². The molecule has 1 aliphatic heterocycles. The zero-order valence-corrected chi connectivity index (χ0v) is 17.3. The first-order valence-corrected chi connectivity index (χ1v) is 10.4. The molecular formula is C24H22N4O3. The molecule has 3 aromatic rings. The molecule has 2 aliphatic rings. The Balaban J connectivity index is 1.79. The fraction of sp³-hybridized carbons (Fsp3) is 0.250. The van der Waals surface area contributed by atoms with E-state index in [0.29, 0.717) is 17.6 Å². The Bertz CT molecular complexity index is 1240. The number of fused-ring (bicyclic) bond motifs is 1. The summed E-state index contributed by atoms with van der Waals surface area (Å²) in [6.45, 7) is 3.98. The first-order chi connectivity index (χ1) is 15.0. The summed E-state index contributed by atoms with van der Waals surface area (Å²) < 4.78 is 1.76. The van der Waals surface area contributed by atoms with Gasteiger partial charge >= 0.3 is 0 Å². The normalized spacial score (nSPS) is 20.1. The summed E-state index contributed by atoms with van der Waals surface area (Å²) in [7, 11) is 0. The number of anilines is 1. The monoisotopic (exact) mass is 414 g/mol. The number of aromatic nitrogens is 2. The zero-order valence-electron chi connectivity index (χ0n) is 17.3. The molecule has 0 saturated carbocycles. The number of nitrogens with zero attached hydrogens (tertiary/aromatic N) is 3. The van der Waals surface area contributed by atoms with E-state index in [4.69, 9.17) is 5.10 Å². The number of ketones is 1. The lowest BCUT2D eigenvalue weighted by Gasteiger charge is -2.35. The van der Waals surface area contributed by atoms with Gasteiger partial charge in [0.2, 0.25) is 0 Å². The van der Waals surface area contributed by atoms with Crippen molar-refractivity contribution in [1.29, 1.82) is 0 Å². The number of hydrogen-bond donors (Lipinski definition) is 1. The third-order valence-electron chi connectivity index (χ3n) is 6.08. The molecule has 0 spiro atoms. The molecule has 0 fully saturated rings. The Labute approximate surface area is 179 Å². The molecule has 2 aromatic carbocycles.